The third-order valence-corrected chi connectivity index (χ3v) is 1.86. The van der Waals surface area contributed by atoms with Crippen LogP contribution in [-0.4, -0.2) is 40.5 Å². The van der Waals surface area contributed by atoms with Crippen LogP contribution in [0.4, 0.5) is 4.39 Å². The van der Waals surface area contributed by atoms with Crippen LogP contribution in [0.2, 0.25) is 6.32 Å². The second kappa shape index (κ2) is 9.22. The summed E-state index contributed by atoms with van der Waals surface area (Å²) in [7, 11) is 10.9. The molecule has 0 spiro atoms. The minimum absolute atomic E-state index is 0.240. The van der Waals surface area contributed by atoms with Crippen LogP contribution < -0.4 is 4.74 Å². The third kappa shape index (κ3) is 8.30. The average molecular weight is 223 g/mol. The van der Waals surface area contributed by atoms with Crippen molar-refractivity contribution in [2.75, 3.05) is 27.7 Å². The van der Waals surface area contributed by atoms with Crippen LogP contribution >= 0.6 is 0 Å². The highest BCUT2D eigenvalue weighted by Gasteiger charge is 1.88. The van der Waals surface area contributed by atoms with Crippen molar-refractivity contribution >= 4 is 7.85 Å². The van der Waals surface area contributed by atoms with Crippen LogP contribution in [0.3, 0.4) is 0 Å². The van der Waals surface area contributed by atoms with Crippen LogP contribution in [-0.2, 0) is 0 Å². The highest BCUT2D eigenvalue weighted by atomic mass is 19.1. The topological polar surface area (TPSA) is 12.5 Å². The van der Waals surface area contributed by atoms with Crippen LogP contribution in [0.1, 0.15) is 6.42 Å². The molecule has 2 radical (unpaired) electrons. The maximum Gasteiger partial charge on any atom is 0.123 e. The van der Waals surface area contributed by atoms with Crippen molar-refractivity contribution < 1.29 is 9.13 Å². The van der Waals surface area contributed by atoms with Gasteiger partial charge < -0.3 is 9.64 Å². The summed E-state index contributed by atoms with van der Waals surface area (Å²) in [5.41, 5.74) is 0. The van der Waals surface area contributed by atoms with Crippen molar-refractivity contribution in [3.05, 3.63) is 30.1 Å². The summed E-state index contributed by atoms with van der Waals surface area (Å²) in [4.78, 5) is 2.13. The monoisotopic (exact) mass is 223 g/mol. The molecular weight excluding hydrogens is 204 g/mol. The largest absolute Gasteiger partial charge is 0.497 e. The van der Waals surface area contributed by atoms with E-state index in [1.165, 1.54) is 12.1 Å². The molecule has 2 nitrogen and oxygen atoms in total. The number of hydrogen-bond acceptors (Lipinski definition) is 2. The van der Waals surface area contributed by atoms with E-state index in [4.69, 9.17) is 12.6 Å². The molecule has 0 unspecified atom stereocenters. The summed E-state index contributed by atoms with van der Waals surface area (Å²) in [5.74, 6) is 0.437. The lowest BCUT2D eigenvalue weighted by atomic mass is 10.0. The zero-order valence-corrected chi connectivity index (χ0v) is 10.2. The van der Waals surface area contributed by atoms with Crippen molar-refractivity contribution in [1.29, 1.82) is 0 Å². The minimum atomic E-state index is -0.240. The van der Waals surface area contributed by atoms with Gasteiger partial charge >= 0.3 is 0 Å². The highest BCUT2D eigenvalue weighted by Crippen LogP contribution is 2.09. The predicted molar refractivity (Wildman–Crippen MR) is 66.7 cm³/mol. The quantitative estimate of drug-likeness (QED) is 0.726. The maximum atomic E-state index is 12.2. The Morgan fingerprint density at radius 1 is 1.25 bits per heavy atom. The van der Waals surface area contributed by atoms with Crippen molar-refractivity contribution in [3.63, 3.8) is 0 Å². The van der Waals surface area contributed by atoms with Gasteiger partial charge in [0.25, 0.3) is 0 Å². The van der Waals surface area contributed by atoms with Gasteiger partial charge in [-0.15, -0.1) is 0 Å². The van der Waals surface area contributed by atoms with Crippen LogP contribution in [0.5, 0.6) is 5.75 Å². The van der Waals surface area contributed by atoms with Gasteiger partial charge in [-0.1, -0.05) is 6.32 Å². The summed E-state index contributed by atoms with van der Waals surface area (Å²) in [6.07, 6.45) is 1.91. The Hall–Kier alpha value is -1.03. The summed E-state index contributed by atoms with van der Waals surface area (Å²) in [6, 6.07) is 5.88. The molecule has 0 heterocycles. The normalized spacial score (nSPS) is 9.56. The number of halogens is 1. The summed E-state index contributed by atoms with van der Waals surface area (Å²) in [5, 5.41) is 0. The lowest BCUT2D eigenvalue weighted by molar-refractivity contribution is 0.408. The van der Waals surface area contributed by atoms with E-state index in [0.717, 1.165) is 19.3 Å². The summed E-state index contributed by atoms with van der Waals surface area (Å²) < 4.78 is 17.0. The van der Waals surface area contributed by atoms with E-state index >= 15 is 0 Å². The molecule has 0 aromatic heterocycles. The van der Waals surface area contributed by atoms with Gasteiger partial charge in [-0.05, 0) is 51.3 Å². The van der Waals surface area contributed by atoms with Gasteiger partial charge in [0.05, 0.1) is 15.0 Å². The Bertz CT molecular complexity index is 264. The number of benzene rings is 1. The molecule has 4 heteroatoms. The van der Waals surface area contributed by atoms with Crippen molar-refractivity contribution in [3.8, 4) is 5.75 Å². The lowest BCUT2D eigenvalue weighted by Gasteiger charge is -2.05. The molecule has 88 valence electrons. The Labute approximate surface area is 98.8 Å². The molecule has 16 heavy (non-hydrogen) atoms. The lowest BCUT2D eigenvalue weighted by Crippen LogP contribution is -2.12. The number of methoxy groups -OCH3 is 1. The molecule has 0 N–H and O–H groups in total. The first-order chi connectivity index (χ1) is 7.60. The average Bonchev–Trinajstić information content (AvgIpc) is 2.28. The van der Waals surface area contributed by atoms with Crippen molar-refractivity contribution in [2.24, 2.45) is 0 Å². The molecule has 0 saturated carbocycles. The second-order valence-corrected chi connectivity index (χ2v) is 3.60. The fraction of sp³-hybridized carbons (Fsp3) is 0.500. The predicted octanol–water partition coefficient (Wildman–Crippen LogP) is 2.36. The van der Waals surface area contributed by atoms with E-state index in [1.807, 2.05) is 0 Å². The van der Waals surface area contributed by atoms with Gasteiger partial charge in [0.1, 0.15) is 11.6 Å². The van der Waals surface area contributed by atoms with E-state index in [1.54, 1.807) is 19.2 Å². The Balaban J connectivity index is 0.000000293. The fourth-order valence-corrected chi connectivity index (χ4v) is 0.978. The standard InChI is InChI=1S/C7H7FO.C5H12BN/c1-9-7-4-2-6(8)3-5-7;1-7(2)5-3-4-6/h2-5H,1H3;3-5H2,1-2H3. The second-order valence-electron chi connectivity index (χ2n) is 3.60. The molecule has 0 aliphatic heterocycles. The molecule has 0 bridgehead atoms. The van der Waals surface area contributed by atoms with E-state index in [9.17, 15) is 4.39 Å². The first-order valence-electron chi connectivity index (χ1n) is 5.24. The first-order valence-corrected chi connectivity index (χ1v) is 5.24. The Kier molecular flexibility index (Phi) is 8.63. The zero-order valence-electron chi connectivity index (χ0n) is 10.2. The number of hydrogen-bond donors (Lipinski definition) is 0. The molecule has 0 atom stereocenters. The fourth-order valence-electron chi connectivity index (χ4n) is 0.978. The molecule has 0 saturated heterocycles. The molecule has 0 fully saturated rings. The van der Waals surface area contributed by atoms with Gasteiger partial charge in [0, 0.05) is 0 Å². The molecule has 1 aromatic rings. The Morgan fingerprint density at radius 3 is 2.12 bits per heavy atom. The van der Waals surface area contributed by atoms with Crippen molar-refractivity contribution in [2.45, 2.75) is 12.7 Å². The van der Waals surface area contributed by atoms with E-state index in [0.29, 0.717) is 5.75 Å². The van der Waals surface area contributed by atoms with Crippen LogP contribution in [0.15, 0.2) is 24.3 Å². The SMILES string of the molecule is COc1ccc(F)cc1.[B]CCCN(C)C. The van der Waals surface area contributed by atoms with Gasteiger partial charge in [0.2, 0.25) is 0 Å². The van der Waals surface area contributed by atoms with E-state index in [2.05, 4.69) is 19.0 Å². The van der Waals surface area contributed by atoms with E-state index in [-0.39, 0.29) is 5.82 Å². The van der Waals surface area contributed by atoms with Gasteiger partial charge in [0.15, 0.2) is 0 Å². The van der Waals surface area contributed by atoms with Crippen LogP contribution in [0.25, 0.3) is 0 Å². The molecular formula is C12H19BFNO. The number of rotatable bonds is 4. The number of ether oxygens (including phenoxy) is 1. The van der Waals surface area contributed by atoms with Gasteiger partial charge in [-0.2, -0.15) is 0 Å². The molecule has 1 aromatic carbocycles. The molecule has 0 aliphatic rings. The van der Waals surface area contributed by atoms with E-state index < -0.39 is 0 Å². The number of nitrogens with zero attached hydrogens (tertiary/aromatic N) is 1. The highest BCUT2D eigenvalue weighted by molar-refractivity contribution is 6.08. The van der Waals surface area contributed by atoms with Gasteiger partial charge in [-0.25, -0.2) is 4.39 Å². The zero-order chi connectivity index (χ0) is 12.4. The molecule has 1 rings (SSSR count). The smallest absolute Gasteiger partial charge is 0.123 e. The third-order valence-electron chi connectivity index (χ3n) is 1.86. The van der Waals surface area contributed by atoms with Crippen molar-refractivity contribution in [1.82, 2.24) is 4.90 Å². The molecule has 0 amide bonds. The Morgan fingerprint density at radius 2 is 1.81 bits per heavy atom. The molecule has 0 aliphatic carbocycles. The summed E-state index contributed by atoms with van der Waals surface area (Å²) >= 11 is 0. The summed E-state index contributed by atoms with van der Waals surface area (Å²) in [6.45, 7) is 1.11. The minimum Gasteiger partial charge on any atom is -0.497 e. The first kappa shape index (κ1) is 15.0. The van der Waals surface area contributed by atoms with Gasteiger partial charge in [-0.3, -0.25) is 0 Å². The van der Waals surface area contributed by atoms with Crippen LogP contribution in [0, 0.1) is 5.82 Å². The maximum absolute atomic E-state index is 12.2.